The van der Waals surface area contributed by atoms with E-state index < -0.39 is 6.10 Å². The van der Waals surface area contributed by atoms with Crippen LogP contribution in [0.25, 0.3) is 10.9 Å². The van der Waals surface area contributed by atoms with Crippen molar-refractivity contribution in [1.82, 2.24) is 4.98 Å². The van der Waals surface area contributed by atoms with Gasteiger partial charge < -0.3 is 15.0 Å². The third kappa shape index (κ3) is 4.97. The predicted octanol–water partition coefficient (Wildman–Crippen LogP) is 6.10. The molecule has 158 valence electrons. The largest absolute Gasteiger partial charge is 0.479 e. The molecule has 0 spiro atoms. The van der Waals surface area contributed by atoms with E-state index in [2.05, 4.69) is 37.1 Å². The van der Waals surface area contributed by atoms with Crippen LogP contribution in [0, 0.1) is 6.92 Å². The number of nitrogens with zero attached hydrogens (tertiary/aromatic N) is 2. The maximum Gasteiger partial charge on any atom is 0.265 e. The fourth-order valence-corrected chi connectivity index (χ4v) is 3.68. The average molecular weight is 446 g/mol. The van der Waals surface area contributed by atoms with E-state index in [1.54, 1.807) is 25.1 Å². The molecule has 0 aliphatic heterocycles. The van der Waals surface area contributed by atoms with E-state index in [-0.39, 0.29) is 5.91 Å². The van der Waals surface area contributed by atoms with Crippen molar-refractivity contribution in [3.05, 3.63) is 58.1 Å². The fourth-order valence-electron chi connectivity index (χ4n) is 3.22. The van der Waals surface area contributed by atoms with Gasteiger partial charge >= 0.3 is 0 Å². The molecule has 0 unspecified atom stereocenters. The number of rotatable bonds is 7. The Morgan fingerprint density at radius 1 is 1.13 bits per heavy atom. The molecule has 1 amide bonds. The molecule has 30 heavy (non-hydrogen) atoms. The smallest absolute Gasteiger partial charge is 0.265 e. The average Bonchev–Trinajstić information content (AvgIpc) is 2.71. The number of aromatic nitrogens is 1. The summed E-state index contributed by atoms with van der Waals surface area (Å²) < 4.78 is 5.69. The number of carbonyl (C=O) groups excluding carboxylic acids is 1. The van der Waals surface area contributed by atoms with Gasteiger partial charge in [-0.2, -0.15) is 0 Å². The van der Waals surface area contributed by atoms with Crippen molar-refractivity contribution in [3.63, 3.8) is 0 Å². The van der Waals surface area contributed by atoms with Crippen molar-refractivity contribution >= 4 is 51.5 Å². The third-order valence-electron chi connectivity index (χ3n) is 4.92. The first-order chi connectivity index (χ1) is 14.3. The van der Waals surface area contributed by atoms with Crippen molar-refractivity contribution < 1.29 is 9.53 Å². The van der Waals surface area contributed by atoms with Crippen molar-refractivity contribution in [1.29, 1.82) is 0 Å². The van der Waals surface area contributed by atoms with E-state index in [1.165, 1.54) is 0 Å². The van der Waals surface area contributed by atoms with E-state index >= 15 is 0 Å². The maximum absolute atomic E-state index is 12.6. The first-order valence-electron chi connectivity index (χ1n) is 9.91. The lowest BCUT2D eigenvalue weighted by Crippen LogP contribution is -2.30. The maximum atomic E-state index is 12.6. The van der Waals surface area contributed by atoms with Gasteiger partial charge in [-0.1, -0.05) is 23.2 Å². The van der Waals surface area contributed by atoms with Crippen LogP contribution in [0.4, 0.5) is 11.5 Å². The number of hydrogen-bond donors (Lipinski definition) is 1. The van der Waals surface area contributed by atoms with Gasteiger partial charge in [0.1, 0.15) is 11.6 Å². The molecule has 0 aliphatic rings. The van der Waals surface area contributed by atoms with Gasteiger partial charge in [-0.3, -0.25) is 4.79 Å². The standard InChI is InChI=1S/C23H25Cl2N3O2/c1-5-28(6-2)22-11-14(3)18-13-17(8-9-20(18)27-22)26-23(29)15(4)30-21-10-7-16(24)12-19(21)25/h7-13,15H,5-6H2,1-4H3,(H,26,29)/t15-/m1/s1. The first kappa shape index (κ1) is 22.2. The van der Waals surface area contributed by atoms with Crippen LogP contribution < -0.4 is 15.0 Å². The van der Waals surface area contributed by atoms with Crippen LogP contribution in [0.15, 0.2) is 42.5 Å². The lowest BCUT2D eigenvalue weighted by atomic mass is 10.1. The highest BCUT2D eigenvalue weighted by atomic mass is 35.5. The minimum Gasteiger partial charge on any atom is -0.479 e. The number of hydrogen-bond acceptors (Lipinski definition) is 4. The summed E-state index contributed by atoms with van der Waals surface area (Å²) in [4.78, 5) is 19.6. The van der Waals surface area contributed by atoms with Crippen molar-refractivity contribution in [3.8, 4) is 5.75 Å². The predicted molar refractivity (Wildman–Crippen MR) is 125 cm³/mol. The van der Waals surface area contributed by atoms with Crippen LogP contribution in [0.2, 0.25) is 10.0 Å². The van der Waals surface area contributed by atoms with E-state index in [0.717, 1.165) is 35.4 Å². The van der Waals surface area contributed by atoms with Crippen molar-refractivity contribution in [2.75, 3.05) is 23.3 Å². The van der Waals surface area contributed by atoms with Crippen LogP contribution in [-0.4, -0.2) is 30.1 Å². The summed E-state index contributed by atoms with van der Waals surface area (Å²) >= 11 is 12.0. The quantitative estimate of drug-likeness (QED) is 0.476. The molecule has 5 nitrogen and oxygen atoms in total. The molecule has 1 N–H and O–H groups in total. The molecule has 1 atom stereocenters. The highest BCUT2D eigenvalue weighted by Gasteiger charge is 2.17. The third-order valence-corrected chi connectivity index (χ3v) is 5.45. The number of anilines is 2. The fraction of sp³-hybridized carbons (Fsp3) is 0.304. The summed E-state index contributed by atoms with van der Waals surface area (Å²) in [6, 6.07) is 12.7. The second-order valence-corrected chi connectivity index (χ2v) is 7.87. The van der Waals surface area contributed by atoms with Gasteiger partial charge in [-0.25, -0.2) is 4.98 Å². The van der Waals surface area contributed by atoms with Gasteiger partial charge in [-0.15, -0.1) is 0 Å². The minimum absolute atomic E-state index is 0.272. The Labute approximate surface area is 187 Å². The summed E-state index contributed by atoms with van der Waals surface area (Å²) in [5.41, 5.74) is 2.69. The zero-order valence-electron chi connectivity index (χ0n) is 17.5. The van der Waals surface area contributed by atoms with Crippen molar-refractivity contribution in [2.24, 2.45) is 0 Å². The van der Waals surface area contributed by atoms with Gasteiger partial charge in [0.05, 0.1) is 10.5 Å². The van der Waals surface area contributed by atoms with Crippen LogP contribution in [-0.2, 0) is 4.79 Å². The molecule has 0 aliphatic carbocycles. The number of nitrogens with one attached hydrogen (secondary N) is 1. The van der Waals surface area contributed by atoms with Crippen LogP contribution in [0.3, 0.4) is 0 Å². The zero-order chi connectivity index (χ0) is 21.8. The second-order valence-electron chi connectivity index (χ2n) is 7.03. The number of pyridine rings is 1. The van der Waals surface area contributed by atoms with Gasteiger partial charge in [0.25, 0.3) is 5.91 Å². The molecule has 0 bridgehead atoms. The molecule has 1 aromatic heterocycles. The van der Waals surface area contributed by atoms with Crippen LogP contribution >= 0.6 is 23.2 Å². The van der Waals surface area contributed by atoms with Crippen molar-refractivity contribution in [2.45, 2.75) is 33.8 Å². The topological polar surface area (TPSA) is 54.5 Å². The molecular weight excluding hydrogens is 421 g/mol. The molecule has 7 heteroatoms. The first-order valence-corrected chi connectivity index (χ1v) is 10.7. The Bertz CT molecular complexity index is 1070. The number of halogens is 2. The molecule has 2 aromatic carbocycles. The molecule has 3 aromatic rings. The SMILES string of the molecule is CCN(CC)c1cc(C)c2cc(NC(=O)[C@@H](C)Oc3ccc(Cl)cc3Cl)ccc2n1. The molecule has 3 rings (SSSR count). The number of aryl methyl sites for hydroxylation is 1. The Morgan fingerprint density at radius 2 is 1.87 bits per heavy atom. The number of fused-ring (bicyclic) bond motifs is 1. The monoisotopic (exact) mass is 445 g/mol. The molecule has 1 heterocycles. The molecule has 0 saturated carbocycles. The molecule has 0 radical (unpaired) electrons. The Morgan fingerprint density at radius 3 is 2.53 bits per heavy atom. The molecule has 0 fully saturated rings. The van der Waals surface area contributed by atoms with E-state index in [0.29, 0.717) is 21.5 Å². The highest BCUT2D eigenvalue weighted by Crippen LogP contribution is 2.29. The number of amides is 1. The number of benzene rings is 2. The molecule has 0 saturated heterocycles. The summed E-state index contributed by atoms with van der Waals surface area (Å²) in [6.45, 7) is 9.76. The van der Waals surface area contributed by atoms with E-state index in [4.69, 9.17) is 32.9 Å². The Kier molecular flexibility index (Phi) is 7.06. The van der Waals surface area contributed by atoms with Gasteiger partial charge in [0.2, 0.25) is 0 Å². The second kappa shape index (κ2) is 9.54. The lowest BCUT2D eigenvalue weighted by Gasteiger charge is -2.21. The van der Waals surface area contributed by atoms with Gasteiger partial charge in [0, 0.05) is 29.2 Å². The van der Waals surface area contributed by atoms with E-state index in [9.17, 15) is 4.79 Å². The van der Waals surface area contributed by atoms with Crippen LogP contribution in [0.5, 0.6) is 5.75 Å². The van der Waals surface area contributed by atoms with Gasteiger partial charge in [-0.05, 0) is 75.7 Å². The number of ether oxygens (including phenoxy) is 1. The summed E-state index contributed by atoms with van der Waals surface area (Å²) in [5.74, 6) is 1.10. The zero-order valence-corrected chi connectivity index (χ0v) is 19.0. The summed E-state index contributed by atoms with van der Waals surface area (Å²) in [5, 5.41) is 4.77. The Hall–Kier alpha value is -2.50. The summed E-state index contributed by atoms with van der Waals surface area (Å²) in [6.07, 6.45) is -0.733. The Balaban J connectivity index is 1.77. The number of carbonyl (C=O) groups is 1. The highest BCUT2D eigenvalue weighted by molar-refractivity contribution is 6.35. The van der Waals surface area contributed by atoms with E-state index in [1.807, 2.05) is 18.2 Å². The molecular formula is C23H25Cl2N3O2. The lowest BCUT2D eigenvalue weighted by molar-refractivity contribution is -0.122. The van der Waals surface area contributed by atoms with Crippen LogP contribution in [0.1, 0.15) is 26.3 Å². The minimum atomic E-state index is -0.733. The van der Waals surface area contributed by atoms with Gasteiger partial charge in [0.15, 0.2) is 6.10 Å². The summed E-state index contributed by atoms with van der Waals surface area (Å²) in [7, 11) is 0. The normalized spacial score (nSPS) is 11.9.